The predicted octanol–water partition coefficient (Wildman–Crippen LogP) is 4.12. The van der Waals surface area contributed by atoms with Crippen molar-refractivity contribution in [3.05, 3.63) is 34.9 Å². The van der Waals surface area contributed by atoms with Crippen molar-refractivity contribution in [1.29, 1.82) is 0 Å². The third-order valence-corrected chi connectivity index (χ3v) is 5.75. The summed E-state index contributed by atoms with van der Waals surface area (Å²) in [7, 11) is 0. The SMILES string of the molecule is CC1CCC(O)(CNC2CC(c3ccccc3Cl)C2)CC1. The maximum absolute atomic E-state index is 10.6. The molecule has 0 spiro atoms. The molecule has 3 rings (SSSR count). The fraction of sp³-hybridized carbons (Fsp3) is 0.667. The summed E-state index contributed by atoms with van der Waals surface area (Å²) >= 11 is 6.25. The van der Waals surface area contributed by atoms with Crippen molar-refractivity contribution in [2.45, 2.75) is 63.0 Å². The highest BCUT2D eigenvalue weighted by atomic mass is 35.5. The lowest BCUT2D eigenvalue weighted by Gasteiger charge is -2.41. The van der Waals surface area contributed by atoms with Crippen molar-refractivity contribution in [3.63, 3.8) is 0 Å². The van der Waals surface area contributed by atoms with E-state index in [0.29, 0.717) is 12.0 Å². The first-order chi connectivity index (χ1) is 10.1. The van der Waals surface area contributed by atoms with Gasteiger partial charge in [0, 0.05) is 17.6 Å². The highest BCUT2D eigenvalue weighted by molar-refractivity contribution is 6.31. The smallest absolute Gasteiger partial charge is 0.0771 e. The molecule has 2 saturated carbocycles. The van der Waals surface area contributed by atoms with E-state index in [1.165, 1.54) is 5.56 Å². The Bertz CT molecular complexity index is 476. The molecule has 0 atom stereocenters. The minimum Gasteiger partial charge on any atom is -0.389 e. The van der Waals surface area contributed by atoms with Crippen LogP contribution in [0.2, 0.25) is 5.02 Å². The Morgan fingerprint density at radius 1 is 1.24 bits per heavy atom. The van der Waals surface area contributed by atoms with Crippen molar-refractivity contribution in [2.24, 2.45) is 5.92 Å². The average molecular weight is 308 g/mol. The normalized spacial score (nSPS) is 36.2. The molecule has 116 valence electrons. The average Bonchev–Trinajstić information content (AvgIpc) is 2.43. The number of rotatable bonds is 4. The minimum atomic E-state index is -0.470. The van der Waals surface area contributed by atoms with Crippen LogP contribution in [0.25, 0.3) is 0 Å². The summed E-state index contributed by atoms with van der Waals surface area (Å²) in [6.45, 7) is 3.03. The second-order valence-electron chi connectivity index (χ2n) is 7.17. The van der Waals surface area contributed by atoms with Crippen molar-refractivity contribution in [2.75, 3.05) is 6.54 Å². The molecular weight excluding hydrogens is 282 g/mol. The Hall–Kier alpha value is -0.570. The van der Waals surface area contributed by atoms with Crippen molar-refractivity contribution < 1.29 is 5.11 Å². The summed E-state index contributed by atoms with van der Waals surface area (Å²) in [6.07, 6.45) is 6.48. The minimum absolute atomic E-state index is 0.470. The van der Waals surface area contributed by atoms with E-state index in [0.717, 1.165) is 56.0 Å². The lowest BCUT2D eigenvalue weighted by atomic mass is 9.75. The number of hydrogen-bond donors (Lipinski definition) is 2. The number of hydrogen-bond acceptors (Lipinski definition) is 2. The molecule has 0 bridgehead atoms. The summed E-state index contributed by atoms with van der Waals surface area (Å²) in [5.41, 5.74) is 0.810. The largest absolute Gasteiger partial charge is 0.389 e. The molecule has 0 aromatic heterocycles. The van der Waals surface area contributed by atoms with Gasteiger partial charge in [0.25, 0.3) is 0 Å². The maximum Gasteiger partial charge on any atom is 0.0771 e. The molecule has 0 radical (unpaired) electrons. The van der Waals surface area contributed by atoms with Crippen LogP contribution in [0.15, 0.2) is 24.3 Å². The van der Waals surface area contributed by atoms with Gasteiger partial charge in [-0.3, -0.25) is 0 Å². The third-order valence-electron chi connectivity index (χ3n) is 5.41. The van der Waals surface area contributed by atoms with E-state index in [9.17, 15) is 5.11 Å². The van der Waals surface area contributed by atoms with Gasteiger partial charge >= 0.3 is 0 Å². The monoisotopic (exact) mass is 307 g/mol. The summed E-state index contributed by atoms with van der Waals surface area (Å²) < 4.78 is 0. The molecule has 1 aromatic carbocycles. The van der Waals surface area contributed by atoms with Crippen molar-refractivity contribution in [1.82, 2.24) is 5.32 Å². The molecule has 2 N–H and O–H groups in total. The van der Waals surface area contributed by atoms with Crippen LogP contribution in [0.3, 0.4) is 0 Å². The molecule has 0 amide bonds. The molecule has 2 fully saturated rings. The lowest BCUT2D eigenvalue weighted by Crippen LogP contribution is -2.49. The van der Waals surface area contributed by atoms with Crippen LogP contribution in [0.1, 0.15) is 56.9 Å². The lowest BCUT2D eigenvalue weighted by molar-refractivity contribution is -0.0108. The van der Waals surface area contributed by atoms with Gasteiger partial charge in [0.05, 0.1) is 5.60 Å². The first-order valence-corrected chi connectivity index (χ1v) is 8.64. The Labute approximate surface area is 132 Å². The van der Waals surface area contributed by atoms with Gasteiger partial charge in [-0.1, -0.05) is 36.7 Å². The number of benzene rings is 1. The van der Waals surface area contributed by atoms with Crippen LogP contribution < -0.4 is 5.32 Å². The molecule has 2 aliphatic carbocycles. The Kier molecular flexibility index (Phi) is 4.58. The Morgan fingerprint density at radius 2 is 1.90 bits per heavy atom. The Balaban J connectivity index is 1.44. The Morgan fingerprint density at radius 3 is 2.57 bits per heavy atom. The first-order valence-electron chi connectivity index (χ1n) is 8.26. The van der Waals surface area contributed by atoms with Crippen LogP contribution in [0.4, 0.5) is 0 Å². The van der Waals surface area contributed by atoms with Crippen LogP contribution >= 0.6 is 11.6 Å². The zero-order chi connectivity index (χ0) is 14.9. The van der Waals surface area contributed by atoms with Crippen molar-refractivity contribution >= 4 is 11.6 Å². The van der Waals surface area contributed by atoms with Crippen LogP contribution in [-0.4, -0.2) is 23.3 Å². The van der Waals surface area contributed by atoms with E-state index in [2.05, 4.69) is 24.4 Å². The highest BCUT2D eigenvalue weighted by Gasteiger charge is 2.35. The molecule has 2 aliphatic rings. The van der Waals surface area contributed by atoms with E-state index < -0.39 is 5.60 Å². The second kappa shape index (κ2) is 6.28. The standard InChI is InChI=1S/C18H26ClNO/c1-13-6-8-18(21,9-7-13)12-20-15-10-14(11-15)16-4-2-3-5-17(16)19/h2-5,13-15,20-21H,6-12H2,1H3. The van der Waals surface area contributed by atoms with Crippen LogP contribution in [0, 0.1) is 5.92 Å². The van der Waals surface area contributed by atoms with E-state index in [1.807, 2.05) is 12.1 Å². The van der Waals surface area contributed by atoms with Gasteiger partial charge in [0.2, 0.25) is 0 Å². The summed E-state index contributed by atoms with van der Waals surface area (Å²) in [4.78, 5) is 0. The molecule has 1 aromatic rings. The summed E-state index contributed by atoms with van der Waals surface area (Å²) in [5, 5.41) is 15.1. The zero-order valence-corrected chi connectivity index (χ0v) is 13.6. The van der Waals surface area contributed by atoms with Crippen LogP contribution in [0.5, 0.6) is 0 Å². The molecule has 0 saturated heterocycles. The third kappa shape index (κ3) is 3.61. The number of halogens is 1. The van der Waals surface area contributed by atoms with Gasteiger partial charge < -0.3 is 10.4 Å². The molecule has 21 heavy (non-hydrogen) atoms. The second-order valence-corrected chi connectivity index (χ2v) is 7.58. The molecule has 3 heteroatoms. The fourth-order valence-corrected chi connectivity index (χ4v) is 3.95. The van der Waals surface area contributed by atoms with Gasteiger partial charge in [0.1, 0.15) is 0 Å². The summed E-state index contributed by atoms with van der Waals surface area (Å²) in [5.74, 6) is 1.36. The van der Waals surface area contributed by atoms with Gasteiger partial charge in [-0.2, -0.15) is 0 Å². The molecule has 0 unspecified atom stereocenters. The molecule has 2 nitrogen and oxygen atoms in total. The predicted molar refractivity (Wildman–Crippen MR) is 87.8 cm³/mol. The highest BCUT2D eigenvalue weighted by Crippen LogP contribution is 2.40. The van der Waals surface area contributed by atoms with E-state index in [1.54, 1.807) is 0 Å². The molecular formula is C18H26ClNO. The van der Waals surface area contributed by atoms with Crippen molar-refractivity contribution in [3.8, 4) is 0 Å². The van der Waals surface area contributed by atoms with Gasteiger partial charge in [0.15, 0.2) is 0 Å². The number of aliphatic hydroxyl groups is 1. The quantitative estimate of drug-likeness (QED) is 0.877. The molecule has 0 heterocycles. The van der Waals surface area contributed by atoms with E-state index in [4.69, 9.17) is 11.6 Å². The molecule has 0 aliphatic heterocycles. The van der Waals surface area contributed by atoms with Crippen LogP contribution in [-0.2, 0) is 0 Å². The van der Waals surface area contributed by atoms with E-state index in [-0.39, 0.29) is 0 Å². The number of nitrogens with one attached hydrogen (secondary N) is 1. The topological polar surface area (TPSA) is 32.3 Å². The fourth-order valence-electron chi connectivity index (χ4n) is 3.66. The summed E-state index contributed by atoms with van der Waals surface area (Å²) in [6, 6.07) is 8.70. The van der Waals surface area contributed by atoms with Gasteiger partial charge in [-0.05, 0) is 62.0 Å². The zero-order valence-electron chi connectivity index (χ0n) is 12.8. The first kappa shape index (κ1) is 15.3. The maximum atomic E-state index is 10.6. The van der Waals surface area contributed by atoms with Gasteiger partial charge in [-0.15, -0.1) is 0 Å². The van der Waals surface area contributed by atoms with E-state index >= 15 is 0 Å². The van der Waals surface area contributed by atoms with Gasteiger partial charge in [-0.25, -0.2) is 0 Å².